The van der Waals surface area contributed by atoms with Crippen molar-refractivity contribution in [2.45, 2.75) is 38.0 Å². The van der Waals surface area contributed by atoms with Gasteiger partial charge in [-0.25, -0.2) is 4.79 Å². The number of halogens is 1. The highest BCUT2D eigenvalue weighted by molar-refractivity contribution is 6.30. The van der Waals surface area contributed by atoms with E-state index in [-0.39, 0.29) is 23.8 Å². The Morgan fingerprint density at radius 2 is 2.07 bits per heavy atom. The number of carbonyl (C=O) groups excluding carboxylic acids is 1. The van der Waals surface area contributed by atoms with Crippen LogP contribution >= 0.6 is 11.6 Å². The molecular weight excluding hydrogens is 366 g/mol. The normalized spacial score (nSPS) is 26.5. The number of likely N-dealkylation sites (N-methyl/N-ethyl adjacent to an activating group) is 1. The summed E-state index contributed by atoms with van der Waals surface area (Å²) in [6.07, 6.45) is 0.853. The standard InChI is InChI=1S/C20H30ClN3O3/c1-20(2)15(8-10-27-20)12-22-19(25)23-18(14-4-6-16(21)7-5-14)17-13-24(3)9-11-26-17/h4-7,15,17-18H,8-13H2,1-3H3,(H2,22,23,25). The van der Waals surface area contributed by atoms with E-state index < -0.39 is 0 Å². The molecule has 1 aromatic rings. The molecule has 2 aliphatic rings. The molecule has 2 N–H and O–H groups in total. The molecule has 2 amide bonds. The van der Waals surface area contributed by atoms with E-state index >= 15 is 0 Å². The van der Waals surface area contributed by atoms with Gasteiger partial charge in [-0.15, -0.1) is 0 Å². The van der Waals surface area contributed by atoms with Gasteiger partial charge < -0.3 is 25.0 Å². The van der Waals surface area contributed by atoms with Crippen molar-refractivity contribution in [1.82, 2.24) is 15.5 Å². The van der Waals surface area contributed by atoms with Crippen LogP contribution in [0.15, 0.2) is 24.3 Å². The van der Waals surface area contributed by atoms with Crippen LogP contribution in [0.25, 0.3) is 0 Å². The molecule has 2 fully saturated rings. The molecule has 6 nitrogen and oxygen atoms in total. The molecule has 0 aliphatic carbocycles. The molecule has 150 valence electrons. The van der Waals surface area contributed by atoms with Gasteiger partial charge in [0.2, 0.25) is 0 Å². The van der Waals surface area contributed by atoms with E-state index in [9.17, 15) is 4.79 Å². The number of amides is 2. The van der Waals surface area contributed by atoms with Crippen molar-refractivity contribution in [3.8, 4) is 0 Å². The Balaban J connectivity index is 1.65. The van der Waals surface area contributed by atoms with Gasteiger partial charge >= 0.3 is 6.03 Å². The van der Waals surface area contributed by atoms with Crippen LogP contribution in [-0.4, -0.2) is 62.5 Å². The molecule has 3 unspecified atom stereocenters. The van der Waals surface area contributed by atoms with Crippen LogP contribution in [0.2, 0.25) is 5.02 Å². The van der Waals surface area contributed by atoms with Crippen LogP contribution in [0.3, 0.4) is 0 Å². The summed E-state index contributed by atoms with van der Waals surface area (Å²) in [5, 5.41) is 6.80. The van der Waals surface area contributed by atoms with Gasteiger partial charge in [-0.05, 0) is 45.0 Å². The minimum Gasteiger partial charge on any atom is -0.375 e. The number of hydrogen-bond acceptors (Lipinski definition) is 4. The summed E-state index contributed by atoms with van der Waals surface area (Å²) in [7, 11) is 2.07. The van der Waals surface area contributed by atoms with Gasteiger partial charge in [0, 0.05) is 37.2 Å². The Kier molecular flexibility index (Phi) is 6.63. The number of ether oxygens (including phenoxy) is 2. The van der Waals surface area contributed by atoms with Gasteiger partial charge in [0.25, 0.3) is 0 Å². The number of rotatable bonds is 5. The lowest BCUT2D eigenvalue weighted by Gasteiger charge is -2.36. The molecule has 3 rings (SSSR count). The number of hydrogen-bond donors (Lipinski definition) is 2. The van der Waals surface area contributed by atoms with E-state index in [4.69, 9.17) is 21.1 Å². The Morgan fingerprint density at radius 1 is 1.33 bits per heavy atom. The summed E-state index contributed by atoms with van der Waals surface area (Å²) in [5.41, 5.74) is 0.789. The van der Waals surface area contributed by atoms with Gasteiger partial charge in [-0.1, -0.05) is 23.7 Å². The summed E-state index contributed by atoms with van der Waals surface area (Å²) < 4.78 is 11.7. The van der Waals surface area contributed by atoms with E-state index in [1.54, 1.807) is 0 Å². The predicted octanol–water partition coefficient (Wildman–Crippen LogP) is 2.83. The average molecular weight is 396 g/mol. The smallest absolute Gasteiger partial charge is 0.315 e. The summed E-state index contributed by atoms with van der Waals surface area (Å²) in [6, 6.07) is 7.15. The van der Waals surface area contributed by atoms with Crippen molar-refractivity contribution in [2.75, 3.05) is 39.9 Å². The van der Waals surface area contributed by atoms with Crippen molar-refractivity contribution < 1.29 is 14.3 Å². The van der Waals surface area contributed by atoms with E-state index in [2.05, 4.69) is 36.4 Å². The third-order valence-corrected chi connectivity index (χ3v) is 5.87. The van der Waals surface area contributed by atoms with Crippen molar-refractivity contribution in [3.05, 3.63) is 34.9 Å². The molecule has 0 radical (unpaired) electrons. The van der Waals surface area contributed by atoms with Crippen LogP contribution < -0.4 is 10.6 Å². The number of carbonyl (C=O) groups is 1. The summed E-state index contributed by atoms with van der Waals surface area (Å²) in [4.78, 5) is 14.8. The molecule has 0 aromatic heterocycles. The van der Waals surface area contributed by atoms with E-state index in [0.29, 0.717) is 24.1 Å². The lowest BCUT2D eigenvalue weighted by atomic mass is 9.91. The molecule has 0 bridgehead atoms. The largest absolute Gasteiger partial charge is 0.375 e. The van der Waals surface area contributed by atoms with E-state index in [0.717, 1.165) is 31.7 Å². The third kappa shape index (κ3) is 5.35. The number of nitrogens with one attached hydrogen (secondary N) is 2. The van der Waals surface area contributed by atoms with Gasteiger partial charge in [-0.3, -0.25) is 0 Å². The molecule has 3 atom stereocenters. The van der Waals surface area contributed by atoms with Crippen molar-refractivity contribution in [3.63, 3.8) is 0 Å². The summed E-state index contributed by atoms with van der Waals surface area (Å²) in [5.74, 6) is 0.314. The minimum absolute atomic E-state index is 0.109. The van der Waals surface area contributed by atoms with E-state index in [1.165, 1.54) is 0 Å². The topological polar surface area (TPSA) is 62.8 Å². The molecule has 2 heterocycles. The lowest BCUT2D eigenvalue weighted by molar-refractivity contribution is -0.0372. The Labute approximate surface area is 166 Å². The van der Waals surface area contributed by atoms with Crippen LogP contribution in [0.5, 0.6) is 0 Å². The first kappa shape index (κ1) is 20.4. The van der Waals surface area contributed by atoms with Gasteiger partial charge in [-0.2, -0.15) is 0 Å². The zero-order chi connectivity index (χ0) is 19.4. The van der Waals surface area contributed by atoms with Gasteiger partial charge in [0.15, 0.2) is 0 Å². The second kappa shape index (κ2) is 8.78. The monoisotopic (exact) mass is 395 g/mol. The molecule has 27 heavy (non-hydrogen) atoms. The zero-order valence-corrected chi connectivity index (χ0v) is 17.1. The molecule has 7 heteroatoms. The zero-order valence-electron chi connectivity index (χ0n) is 16.3. The Bertz CT molecular complexity index is 638. The predicted molar refractivity (Wildman–Crippen MR) is 106 cm³/mol. The number of morpholine rings is 1. The first-order valence-electron chi connectivity index (χ1n) is 9.59. The third-order valence-electron chi connectivity index (χ3n) is 5.62. The first-order chi connectivity index (χ1) is 12.8. The lowest BCUT2D eigenvalue weighted by Crippen LogP contribution is -2.50. The fourth-order valence-corrected chi connectivity index (χ4v) is 3.89. The first-order valence-corrected chi connectivity index (χ1v) is 9.97. The van der Waals surface area contributed by atoms with Crippen LogP contribution in [0, 0.1) is 5.92 Å². The maximum atomic E-state index is 12.6. The minimum atomic E-state index is -0.238. The van der Waals surface area contributed by atoms with Gasteiger partial charge in [0.1, 0.15) is 0 Å². The molecular formula is C20H30ClN3O3. The maximum absolute atomic E-state index is 12.6. The average Bonchev–Trinajstić information content (AvgIpc) is 2.97. The number of nitrogens with zero attached hydrogens (tertiary/aromatic N) is 1. The number of benzene rings is 1. The molecule has 2 aliphatic heterocycles. The second-order valence-corrected chi connectivity index (χ2v) is 8.43. The molecule has 0 saturated carbocycles. The van der Waals surface area contributed by atoms with Crippen LogP contribution in [-0.2, 0) is 9.47 Å². The second-order valence-electron chi connectivity index (χ2n) is 7.99. The highest BCUT2D eigenvalue weighted by Gasteiger charge is 2.36. The highest BCUT2D eigenvalue weighted by atomic mass is 35.5. The fraction of sp³-hybridized carbons (Fsp3) is 0.650. The van der Waals surface area contributed by atoms with Crippen LogP contribution in [0.4, 0.5) is 4.79 Å². The van der Waals surface area contributed by atoms with Crippen LogP contribution in [0.1, 0.15) is 31.9 Å². The highest BCUT2D eigenvalue weighted by Crippen LogP contribution is 2.30. The van der Waals surface area contributed by atoms with E-state index in [1.807, 2.05) is 24.3 Å². The SMILES string of the molecule is CN1CCOC(C(NC(=O)NCC2CCOC2(C)C)c2ccc(Cl)cc2)C1. The van der Waals surface area contributed by atoms with Crippen molar-refractivity contribution >= 4 is 17.6 Å². The quantitative estimate of drug-likeness (QED) is 0.804. The Hall–Kier alpha value is -1.34. The van der Waals surface area contributed by atoms with Gasteiger partial charge in [0.05, 0.1) is 24.4 Å². The summed E-state index contributed by atoms with van der Waals surface area (Å²) in [6.45, 7) is 7.80. The van der Waals surface area contributed by atoms with Crippen molar-refractivity contribution in [2.24, 2.45) is 5.92 Å². The Morgan fingerprint density at radius 3 is 2.70 bits per heavy atom. The molecule has 2 saturated heterocycles. The number of urea groups is 1. The van der Waals surface area contributed by atoms with Crippen molar-refractivity contribution in [1.29, 1.82) is 0 Å². The fourth-order valence-electron chi connectivity index (χ4n) is 3.76. The molecule has 0 spiro atoms. The summed E-state index contributed by atoms with van der Waals surface area (Å²) >= 11 is 6.03. The maximum Gasteiger partial charge on any atom is 0.315 e. The molecule has 1 aromatic carbocycles.